The topological polar surface area (TPSA) is 54.0 Å². The molecule has 6 heteroatoms. The Morgan fingerprint density at radius 2 is 2.24 bits per heavy atom. The Balaban J connectivity index is 2.00. The number of carbonyl (C=O) groups excluding carboxylic acids is 1. The number of amides is 1. The third-order valence-corrected chi connectivity index (χ3v) is 4.79. The first kappa shape index (κ1) is 16.0. The van der Waals surface area contributed by atoms with Gasteiger partial charge in [0, 0.05) is 28.6 Å². The Hall–Kier alpha value is -1.37. The first-order valence-corrected chi connectivity index (χ1v) is 8.68. The standard InChI is InChI=1S/C15H19N3OS2/c1-11(16-2)7-17-15(19)13-5-3-4-6-14(13)21-9-12-8-20-10-18-12/h3-6,8,10-11,16H,7,9H2,1-2H3,(H,17,19). The van der Waals surface area contributed by atoms with E-state index in [1.807, 2.05) is 49.1 Å². The van der Waals surface area contributed by atoms with Gasteiger partial charge in [-0.15, -0.1) is 23.1 Å². The predicted octanol–water partition coefficient (Wildman–Crippen LogP) is 2.77. The molecule has 0 spiro atoms. The molecule has 2 aromatic rings. The molecule has 1 amide bonds. The minimum atomic E-state index is -0.0292. The van der Waals surface area contributed by atoms with Crippen molar-refractivity contribution in [1.82, 2.24) is 15.6 Å². The fourth-order valence-corrected chi connectivity index (χ4v) is 3.30. The quantitative estimate of drug-likeness (QED) is 0.770. The smallest absolute Gasteiger partial charge is 0.252 e. The summed E-state index contributed by atoms with van der Waals surface area (Å²) in [5, 5.41) is 8.09. The molecule has 0 radical (unpaired) electrons. The van der Waals surface area contributed by atoms with E-state index in [9.17, 15) is 4.79 Å². The maximum Gasteiger partial charge on any atom is 0.252 e. The van der Waals surface area contributed by atoms with Crippen LogP contribution in [0.4, 0.5) is 0 Å². The Bertz CT molecular complexity index is 572. The van der Waals surface area contributed by atoms with Crippen LogP contribution >= 0.6 is 23.1 Å². The Morgan fingerprint density at radius 1 is 1.43 bits per heavy atom. The van der Waals surface area contributed by atoms with Crippen molar-refractivity contribution in [2.24, 2.45) is 0 Å². The van der Waals surface area contributed by atoms with Crippen LogP contribution in [0.15, 0.2) is 40.1 Å². The first-order valence-electron chi connectivity index (χ1n) is 6.75. The van der Waals surface area contributed by atoms with Crippen LogP contribution in [0.5, 0.6) is 0 Å². The summed E-state index contributed by atoms with van der Waals surface area (Å²) in [5.74, 6) is 0.749. The first-order chi connectivity index (χ1) is 10.2. The zero-order valence-corrected chi connectivity index (χ0v) is 13.8. The van der Waals surface area contributed by atoms with E-state index in [4.69, 9.17) is 0 Å². The van der Waals surface area contributed by atoms with E-state index in [1.165, 1.54) is 0 Å². The van der Waals surface area contributed by atoms with E-state index >= 15 is 0 Å². The molecule has 0 bridgehead atoms. The molecule has 1 unspecified atom stereocenters. The maximum atomic E-state index is 12.3. The van der Waals surface area contributed by atoms with Gasteiger partial charge in [0.25, 0.3) is 5.91 Å². The van der Waals surface area contributed by atoms with E-state index < -0.39 is 0 Å². The highest BCUT2D eigenvalue weighted by molar-refractivity contribution is 7.98. The van der Waals surface area contributed by atoms with Crippen LogP contribution in [0.3, 0.4) is 0 Å². The van der Waals surface area contributed by atoms with Crippen molar-refractivity contribution in [3.8, 4) is 0 Å². The summed E-state index contributed by atoms with van der Waals surface area (Å²) in [6.45, 7) is 2.64. The molecule has 112 valence electrons. The Morgan fingerprint density at radius 3 is 2.95 bits per heavy atom. The minimum absolute atomic E-state index is 0.0292. The third-order valence-electron chi connectivity index (χ3n) is 3.05. The van der Waals surface area contributed by atoms with Crippen molar-refractivity contribution in [1.29, 1.82) is 0 Å². The van der Waals surface area contributed by atoms with Gasteiger partial charge in [-0.1, -0.05) is 12.1 Å². The zero-order valence-electron chi connectivity index (χ0n) is 12.1. The van der Waals surface area contributed by atoms with E-state index in [2.05, 4.69) is 15.6 Å². The number of nitrogens with zero attached hydrogens (tertiary/aromatic N) is 1. The van der Waals surface area contributed by atoms with Crippen LogP contribution in [-0.2, 0) is 5.75 Å². The molecular formula is C15H19N3OS2. The van der Waals surface area contributed by atoms with Gasteiger partial charge < -0.3 is 10.6 Å². The summed E-state index contributed by atoms with van der Waals surface area (Å²) >= 11 is 3.23. The van der Waals surface area contributed by atoms with Gasteiger partial charge in [-0.2, -0.15) is 0 Å². The number of benzene rings is 1. The van der Waals surface area contributed by atoms with Crippen LogP contribution < -0.4 is 10.6 Å². The summed E-state index contributed by atoms with van der Waals surface area (Å²) in [7, 11) is 1.88. The highest BCUT2D eigenvalue weighted by Crippen LogP contribution is 2.26. The summed E-state index contributed by atoms with van der Waals surface area (Å²) in [6, 6.07) is 7.94. The second-order valence-electron chi connectivity index (χ2n) is 4.66. The third kappa shape index (κ3) is 4.84. The number of aromatic nitrogens is 1. The number of thioether (sulfide) groups is 1. The highest BCUT2D eigenvalue weighted by atomic mass is 32.2. The van der Waals surface area contributed by atoms with Gasteiger partial charge >= 0.3 is 0 Å². The molecule has 0 aliphatic heterocycles. The Kier molecular flexibility index (Phi) is 6.22. The largest absolute Gasteiger partial charge is 0.350 e. The van der Waals surface area contributed by atoms with Crippen LogP contribution in [0, 0.1) is 0 Å². The van der Waals surface area contributed by atoms with Crippen molar-refractivity contribution in [2.45, 2.75) is 23.6 Å². The number of thiazole rings is 1. The molecule has 21 heavy (non-hydrogen) atoms. The summed E-state index contributed by atoms with van der Waals surface area (Å²) < 4.78 is 0. The molecule has 4 nitrogen and oxygen atoms in total. The summed E-state index contributed by atoms with van der Waals surface area (Å²) in [5.41, 5.74) is 3.60. The average Bonchev–Trinajstić information content (AvgIpc) is 3.04. The van der Waals surface area contributed by atoms with Crippen LogP contribution in [0.2, 0.25) is 0 Å². The molecular weight excluding hydrogens is 302 g/mol. The lowest BCUT2D eigenvalue weighted by Gasteiger charge is -2.13. The molecule has 0 aliphatic carbocycles. The molecule has 1 atom stereocenters. The van der Waals surface area contributed by atoms with Gasteiger partial charge in [0.15, 0.2) is 0 Å². The lowest BCUT2D eigenvalue weighted by atomic mass is 10.2. The lowest BCUT2D eigenvalue weighted by molar-refractivity contribution is 0.0947. The molecule has 0 saturated carbocycles. The summed E-state index contributed by atoms with van der Waals surface area (Å²) in [4.78, 5) is 17.5. The number of likely N-dealkylation sites (N-methyl/N-ethyl adjacent to an activating group) is 1. The van der Waals surface area contributed by atoms with Gasteiger partial charge in [0.05, 0.1) is 16.8 Å². The molecule has 0 aliphatic rings. The molecule has 2 rings (SSSR count). The highest BCUT2D eigenvalue weighted by Gasteiger charge is 2.12. The number of nitrogens with one attached hydrogen (secondary N) is 2. The molecule has 1 aromatic carbocycles. The second-order valence-corrected chi connectivity index (χ2v) is 6.40. The van der Waals surface area contributed by atoms with Gasteiger partial charge in [0.1, 0.15) is 0 Å². The monoisotopic (exact) mass is 321 g/mol. The van der Waals surface area contributed by atoms with E-state index in [-0.39, 0.29) is 11.9 Å². The average molecular weight is 321 g/mol. The number of hydrogen-bond donors (Lipinski definition) is 2. The molecule has 0 saturated heterocycles. The van der Waals surface area contributed by atoms with Crippen molar-refractivity contribution in [2.75, 3.05) is 13.6 Å². The van der Waals surface area contributed by atoms with Crippen LogP contribution in [0.1, 0.15) is 23.0 Å². The number of carbonyl (C=O) groups is 1. The number of hydrogen-bond acceptors (Lipinski definition) is 5. The predicted molar refractivity (Wildman–Crippen MR) is 89.0 cm³/mol. The Labute approximate surface area is 133 Å². The SMILES string of the molecule is CNC(C)CNC(=O)c1ccccc1SCc1cscn1. The minimum Gasteiger partial charge on any atom is -0.350 e. The van der Waals surface area contributed by atoms with Gasteiger partial charge in [0.2, 0.25) is 0 Å². The van der Waals surface area contributed by atoms with Crippen LogP contribution in [0.25, 0.3) is 0 Å². The van der Waals surface area contributed by atoms with E-state index in [1.54, 1.807) is 23.1 Å². The molecule has 2 N–H and O–H groups in total. The second kappa shape index (κ2) is 8.17. The normalized spacial score (nSPS) is 12.1. The number of rotatable bonds is 7. The summed E-state index contributed by atoms with van der Waals surface area (Å²) in [6.07, 6.45) is 0. The fraction of sp³-hybridized carbons (Fsp3) is 0.333. The van der Waals surface area contributed by atoms with Gasteiger partial charge in [-0.05, 0) is 26.1 Å². The van der Waals surface area contributed by atoms with E-state index in [0.29, 0.717) is 6.54 Å². The molecule has 1 heterocycles. The lowest BCUT2D eigenvalue weighted by Crippen LogP contribution is -2.37. The molecule has 0 fully saturated rings. The fourth-order valence-electron chi connectivity index (χ4n) is 1.68. The van der Waals surface area contributed by atoms with Crippen LogP contribution in [-0.4, -0.2) is 30.5 Å². The van der Waals surface area contributed by atoms with Crippen molar-refractivity contribution < 1.29 is 4.79 Å². The van der Waals surface area contributed by atoms with Crippen molar-refractivity contribution in [3.05, 3.63) is 46.4 Å². The zero-order chi connectivity index (χ0) is 15.1. The van der Waals surface area contributed by atoms with Crippen molar-refractivity contribution >= 4 is 29.0 Å². The molecule has 1 aromatic heterocycles. The van der Waals surface area contributed by atoms with E-state index in [0.717, 1.165) is 21.9 Å². The van der Waals surface area contributed by atoms with Crippen molar-refractivity contribution in [3.63, 3.8) is 0 Å². The maximum absolute atomic E-state index is 12.3. The van der Waals surface area contributed by atoms with Gasteiger partial charge in [-0.25, -0.2) is 4.98 Å². The van der Waals surface area contributed by atoms with Gasteiger partial charge in [-0.3, -0.25) is 4.79 Å².